The van der Waals surface area contributed by atoms with E-state index in [1.54, 1.807) is 18.3 Å². The van der Waals surface area contributed by atoms with Crippen LogP contribution >= 0.6 is 11.6 Å². The number of nitrogens with zero attached hydrogens (tertiary/aromatic N) is 1. The quantitative estimate of drug-likeness (QED) is 0.692. The molecule has 0 aliphatic heterocycles. The van der Waals surface area contributed by atoms with Crippen molar-refractivity contribution in [1.29, 1.82) is 0 Å². The number of nitrogens with one attached hydrogen (secondary N) is 1. The van der Waals surface area contributed by atoms with Crippen LogP contribution < -0.4 is 5.32 Å². The van der Waals surface area contributed by atoms with Crippen LogP contribution in [0.25, 0.3) is 0 Å². The largest absolute Gasteiger partial charge is 0.465 e. The van der Waals surface area contributed by atoms with E-state index in [9.17, 15) is 4.79 Å². The van der Waals surface area contributed by atoms with Gasteiger partial charge in [0.2, 0.25) is 0 Å². The van der Waals surface area contributed by atoms with Gasteiger partial charge in [0.15, 0.2) is 0 Å². The van der Waals surface area contributed by atoms with Gasteiger partial charge in [0.05, 0.1) is 24.6 Å². The number of hydrogen-bond acceptors (Lipinski definition) is 4. The number of anilines is 1. The van der Waals surface area contributed by atoms with Crippen LogP contribution in [0.4, 0.5) is 5.69 Å². The zero-order valence-corrected chi connectivity index (χ0v) is 12.1. The Labute approximate surface area is 122 Å². The van der Waals surface area contributed by atoms with Crippen molar-refractivity contribution >= 4 is 23.3 Å². The topological polar surface area (TPSA) is 51.2 Å². The lowest BCUT2D eigenvalue weighted by molar-refractivity contribution is 0.0600. The molecule has 0 radical (unpaired) electrons. The van der Waals surface area contributed by atoms with Gasteiger partial charge in [-0.25, -0.2) is 9.78 Å². The van der Waals surface area contributed by atoms with Crippen molar-refractivity contribution < 1.29 is 9.53 Å². The molecule has 0 bridgehead atoms. The molecule has 1 aromatic heterocycles. The third-order valence-corrected chi connectivity index (χ3v) is 3.28. The molecule has 2 aromatic rings. The summed E-state index contributed by atoms with van der Waals surface area (Å²) >= 11 is 5.88. The minimum Gasteiger partial charge on any atom is -0.465 e. The number of aromatic nitrogens is 1. The summed E-state index contributed by atoms with van der Waals surface area (Å²) in [6.45, 7) is 2.55. The van der Waals surface area contributed by atoms with E-state index in [4.69, 9.17) is 11.6 Å². The van der Waals surface area contributed by atoms with Crippen LogP contribution in [0.5, 0.6) is 0 Å². The maximum atomic E-state index is 11.3. The van der Waals surface area contributed by atoms with Gasteiger partial charge in [0.25, 0.3) is 0 Å². The zero-order chi connectivity index (χ0) is 14.5. The van der Waals surface area contributed by atoms with Gasteiger partial charge in [-0.15, -0.1) is 0 Å². The number of hydrogen-bond donors (Lipinski definition) is 1. The maximum absolute atomic E-state index is 11.3. The molecule has 0 unspecified atom stereocenters. The molecule has 0 spiro atoms. The summed E-state index contributed by atoms with van der Waals surface area (Å²) in [6.07, 6.45) is 1.69. The molecular weight excluding hydrogens is 276 g/mol. The van der Waals surface area contributed by atoms with Crippen molar-refractivity contribution in [2.75, 3.05) is 12.4 Å². The lowest BCUT2D eigenvalue weighted by Crippen LogP contribution is -2.03. The molecule has 104 valence electrons. The van der Waals surface area contributed by atoms with E-state index < -0.39 is 0 Å². The molecule has 0 aliphatic carbocycles. The zero-order valence-electron chi connectivity index (χ0n) is 11.3. The van der Waals surface area contributed by atoms with Crippen molar-refractivity contribution in [3.05, 3.63) is 58.4 Å². The van der Waals surface area contributed by atoms with E-state index in [0.717, 1.165) is 16.8 Å². The van der Waals surface area contributed by atoms with Crippen molar-refractivity contribution in [1.82, 2.24) is 4.98 Å². The summed E-state index contributed by atoms with van der Waals surface area (Å²) in [5.74, 6) is -0.331. The standard InChI is InChI=1S/C15H15ClN2O2/c1-10-7-13(9-18-14(10)16)17-8-11-3-5-12(6-4-11)15(19)20-2/h3-7,9,17H,8H2,1-2H3. The molecule has 2 rings (SSSR count). The van der Waals surface area contributed by atoms with Gasteiger partial charge in [-0.05, 0) is 36.2 Å². The first-order valence-electron chi connectivity index (χ1n) is 6.13. The molecule has 0 saturated heterocycles. The number of methoxy groups -OCH3 is 1. The third-order valence-electron chi connectivity index (χ3n) is 2.89. The molecule has 0 aliphatic rings. The number of pyridine rings is 1. The Balaban J connectivity index is 2.00. The van der Waals surface area contributed by atoms with Gasteiger partial charge in [-0.2, -0.15) is 0 Å². The summed E-state index contributed by atoms with van der Waals surface area (Å²) in [5.41, 5.74) is 3.44. The van der Waals surface area contributed by atoms with Crippen molar-refractivity contribution in [3.63, 3.8) is 0 Å². The van der Waals surface area contributed by atoms with Gasteiger partial charge in [0.1, 0.15) is 5.15 Å². The molecule has 1 N–H and O–H groups in total. The molecule has 0 fully saturated rings. The fourth-order valence-corrected chi connectivity index (χ4v) is 1.84. The fourth-order valence-electron chi connectivity index (χ4n) is 1.74. The highest BCUT2D eigenvalue weighted by Gasteiger charge is 2.04. The van der Waals surface area contributed by atoms with Gasteiger partial charge in [-0.3, -0.25) is 0 Å². The highest BCUT2D eigenvalue weighted by atomic mass is 35.5. The number of halogens is 1. The van der Waals surface area contributed by atoms with Crippen LogP contribution in [0, 0.1) is 6.92 Å². The van der Waals surface area contributed by atoms with Crippen molar-refractivity contribution in [3.8, 4) is 0 Å². The van der Waals surface area contributed by atoms with Crippen LogP contribution in [-0.4, -0.2) is 18.1 Å². The minimum atomic E-state index is -0.331. The third kappa shape index (κ3) is 3.48. The Morgan fingerprint density at radius 2 is 2.05 bits per heavy atom. The predicted molar refractivity (Wildman–Crippen MR) is 79.1 cm³/mol. The molecule has 1 heterocycles. The molecule has 5 heteroatoms. The molecule has 0 amide bonds. The summed E-state index contributed by atoms with van der Waals surface area (Å²) in [4.78, 5) is 15.4. The number of rotatable bonds is 4. The Hall–Kier alpha value is -2.07. The predicted octanol–water partition coefficient (Wildman–Crippen LogP) is 3.44. The van der Waals surface area contributed by atoms with E-state index in [-0.39, 0.29) is 5.97 Å². The molecule has 1 aromatic carbocycles. The molecule has 0 saturated carbocycles. The number of ether oxygens (including phenoxy) is 1. The first kappa shape index (κ1) is 14.3. The summed E-state index contributed by atoms with van der Waals surface area (Å²) < 4.78 is 4.65. The SMILES string of the molecule is COC(=O)c1ccc(CNc2cnc(Cl)c(C)c2)cc1. The van der Waals surface area contributed by atoms with Gasteiger partial charge < -0.3 is 10.1 Å². The molecular formula is C15H15ClN2O2. The van der Waals surface area contributed by atoms with Crippen molar-refractivity contribution in [2.24, 2.45) is 0 Å². The number of carbonyl (C=O) groups is 1. The Kier molecular flexibility index (Phi) is 4.58. The molecule has 20 heavy (non-hydrogen) atoms. The van der Waals surface area contributed by atoms with E-state index >= 15 is 0 Å². The lowest BCUT2D eigenvalue weighted by atomic mass is 10.1. The van der Waals surface area contributed by atoms with Crippen LogP contribution in [0.15, 0.2) is 36.5 Å². The first-order valence-corrected chi connectivity index (χ1v) is 6.51. The number of carbonyl (C=O) groups excluding carboxylic acids is 1. The smallest absolute Gasteiger partial charge is 0.337 e. The molecule has 0 atom stereocenters. The summed E-state index contributed by atoms with van der Waals surface area (Å²) in [7, 11) is 1.37. The minimum absolute atomic E-state index is 0.331. The first-order chi connectivity index (χ1) is 9.60. The highest BCUT2D eigenvalue weighted by molar-refractivity contribution is 6.30. The van der Waals surface area contributed by atoms with Gasteiger partial charge in [0, 0.05) is 6.54 Å². The number of aryl methyl sites for hydroxylation is 1. The average molecular weight is 291 g/mol. The lowest BCUT2D eigenvalue weighted by Gasteiger charge is -2.08. The van der Waals surface area contributed by atoms with Crippen LogP contribution in [0.2, 0.25) is 5.15 Å². The van der Waals surface area contributed by atoms with Crippen LogP contribution in [-0.2, 0) is 11.3 Å². The van der Waals surface area contributed by atoms with Gasteiger partial charge in [-0.1, -0.05) is 23.7 Å². The highest BCUT2D eigenvalue weighted by Crippen LogP contribution is 2.17. The number of benzene rings is 1. The second kappa shape index (κ2) is 6.39. The average Bonchev–Trinajstić information content (AvgIpc) is 2.48. The van der Waals surface area contributed by atoms with Crippen LogP contribution in [0.3, 0.4) is 0 Å². The Morgan fingerprint density at radius 3 is 2.65 bits per heavy atom. The maximum Gasteiger partial charge on any atom is 0.337 e. The van der Waals surface area contributed by atoms with Crippen molar-refractivity contribution in [2.45, 2.75) is 13.5 Å². The van der Waals surface area contributed by atoms with E-state index in [1.807, 2.05) is 25.1 Å². The van der Waals surface area contributed by atoms with E-state index in [0.29, 0.717) is 17.3 Å². The van der Waals surface area contributed by atoms with E-state index in [2.05, 4.69) is 15.0 Å². The second-order valence-electron chi connectivity index (χ2n) is 4.37. The van der Waals surface area contributed by atoms with E-state index in [1.165, 1.54) is 7.11 Å². The summed E-state index contributed by atoms with van der Waals surface area (Å²) in [5, 5.41) is 3.77. The monoisotopic (exact) mass is 290 g/mol. The Bertz CT molecular complexity index is 612. The number of esters is 1. The van der Waals surface area contributed by atoms with Gasteiger partial charge >= 0.3 is 5.97 Å². The normalized spacial score (nSPS) is 10.2. The Morgan fingerprint density at radius 1 is 1.35 bits per heavy atom. The second-order valence-corrected chi connectivity index (χ2v) is 4.73. The summed E-state index contributed by atoms with van der Waals surface area (Å²) in [6, 6.07) is 9.20. The fraction of sp³-hybridized carbons (Fsp3) is 0.200. The molecule has 4 nitrogen and oxygen atoms in total. The van der Waals surface area contributed by atoms with Crippen LogP contribution in [0.1, 0.15) is 21.5 Å².